The zero-order valence-electron chi connectivity index (χ0n) is 14.7. The average Bonchev–Trinajstić information content (AvgIpc) is 2.63. The summed E-state index contributed by atoms with van der Waals surface area (Å²) in [5, 5.41) is 4.19. The molecule has 1 amide bonds. The van der Waals surface area contributed by atoms with Crippen LogP contribution in [0.2, 0.25) is 0 Å². The van der Waals surface area contributed by atoms with Gasteiger partial charge in [0.25, 0.3) is 5.56 Å². The van der Waals surface area contributed by atoms with Crippen LogP contribution in [0.1, 0.15) is 0 Å². The fraction of sp³-hybridized carbons (Fsp3) is 0.353. The summed E-state index contributed by atoms with van der Waals surface area (Å²) in [6.07, 6.45) is 1.13. The smallest absolute Gasteiger partial charge is 0.267 e. The second-order valence-corrected chi connectivity index (χ2v) is 8.25. The number of aromatic nitrogens is 2. The van der Waals surface area contributed by atoms with E-state index in [1.165, 1.54) is 33.5 Å². The van der Waals surface area contributed by atoms with Gasteiger partial charge in [-0.15, -0.1) is 0 Å². The van der Waals surface area contributed by atoms with Crippen molar-refractivity contribution in [2.75, 3.05) is 32.4 Å². The van der Waals surface area contributed by atoms with Crippen molar-refractivity contribution < 1.29 is 17.6 Å². The van der Waals surface area contributed by atoms with Crippen LogP contribution in [-0.2, 0) is 21.4 Å². The zero-order chi connectivity index (χ0) is 19.6. The summed E-state index contributed by atoms with van der Waals surface area (Å²) in [6, 6.07) is 8.48. The predicted octanol–water partition coefficient (Wildman–Crippen LogP) is 0.153. The van der Waals surface area contributed by atoms with Gasteiger partial charge < -0.3 is 4.90 Å². The van der Waals surface area contributed by atoms with Crippen molar-refractivity contribution in [1.82, 2.24) is 19.0 Å². The maximum atomic E-state index is 13.1. The van der Waals surface area contributed by atoms with Crippen molar-refractivity contribution >= 4 is 15.9 Å². The fourth-order valence-electron chi connectivity index (χ4n) is 2.83. The van der Waals surface area contributed by atoms with E-state index in [-0.39, 0.29) is 44.4 Å². The molecule has 3 rings (SSSR count). The Bertz CT molecular complexity index is 996. The lowest BCUT2D eigenvalue weighted by atomic mass is 10.1. The highest BCUT2D eigenvalue weighted by Crippen LogP contribution is 2.15. The Morgan fingerprint density at radius 2 is 1.70 bits per heavy atom. The first-order valence-corrected chi connectivity index (χ1v) is 10.2. The molecule has 1 aromatic heterocycles. The Morgan fingerprint density at radius 3 is 2.30 bits per heavy atom. The second-order valence-electron chi connectivity index (χ2n) is 6.26. The van der Waals surface area contributed by atoms with Crippen molar-refractivity contribution in [3.63, 3.8) is 0 Å². The SMILES string of the molecule is CS(=O)(=O)N1CCN(C(=O)Cn2nc(-c3ccc(F)cc3)ccc2=O)CC1. The minimum atomic E-state index is -3.28. The number of halogens is 1. The molecule has 1 aliphatic heterocycles. The topological polar surface area (TPSA) is 92.6 Å². The maximum absolute atomic E-state index is 13.1. The molecule has 1 aliphatic rings. The van der Waals surface area contributed by atoms with E-state index in [1.807, 2.05) is 0 Å². The first-order valence-electron chi connectivity index (χ1n) is 8.31. The zero-order valence-corrected chi connectivity index (χ0v) is 15.5. The first-order chi connectivity index (χ1) is 12.7. The molecule has 1 saturated heterocycles. The van der Waals surface area contributed by atoms with Crippen molar-refractivity contribution in [1.29, 1.82) is 0 Å². The number of nitrogens with zero attached hydrogens (tertiary/aromatic N) is 4. The van der Waals surface area contributed by atoms with E-state index in [9.17, 15) is 22.4 Å². The average molecular weight is 394 g/mol. The standard InChI is InChI=1S/C17H19FN4O4S/c1-27(25,26)21-10-8-20(9-11-21)17(24)12-22-16(23)7-6-15(19-22)13-2-4-14(18)5-3-13/h2-7H,8-12H2,1H3. The quantitative estimate of drug-likeness (QED) is 0.736. The molecule has 1 fully saturated rings. The van der Waals surface area contributed by atoms with Crippen LogP contribution in [0.15, 0.2) is 41.2 Å². The maximum Gasteiger partial charge on any atom is 0.267 e. The lowest BCUT2D eigenvalue weighted by Crippen LogP contribution is -2.51. The Balaban J connectivity index is 1.72. The third-order valence-corrected chi connectivity index (χ3v) is 5.66. The normalized spacial score (nSPS) is 15.7. The number of rotatable bonds is 4. The molecular formula is C17H19FN4O4S. The van der Waals surface area contributed by atoms with Crippen LogP contribution in [0.4, 0.5) is 4.39 Å². The molecule has 27 heavy (non-hydrogen) atoms. The molecule has 144 valence electrons. The summed E-state index contributed by atoms with van der Waals surface area (Å²) >= 11 is 0. The summed E-state index contributed by atoms with van der Waals surface area (Å²) in [7, 11) is -3.28. The van der Waals surface area contributed by atoms with E-state index in [2.05, 4.69) is 5.10 Å². The summed E-state index contributed by atoms with van der Waals surface area (Å²) in [5.74, 6) is -0.690. The van der Waals surface area contributed by atoms with Crippen LogP contribution in [-0.4, -0.2) is 65.7 Å². The minimum Gasteiger partial charge on any atom is -0.338 e. The summed E-state index contributed by atoms with van der Waals surface area (Å²) < 4.78 is 38.5. The largest absolute Gasteiger partial charge is 0.338 e. The molecular weight excluding hydrogens is 375 g/mol. The van der Waals surface area contributed by atoms with Crippen molar-refractivity contribution in [3.05, 3.63) is 52.6 Å². The summed E-state index contributed by atoms with van der Waals surface area (Å²) in [4.78, 5) is 26.0. The highest BCUT2D eigenvalue weighted by molar-refractivity contribution is 7.88. The number of benzene rings is 1. The lowest BCUT2D eigenvalue weighted by Gasteiger charge is -2.33. The van der Waals surface area contributed by atoms with Gasteiger partial charge >= 0.3 is 0 Å². The Labute approximate surface area is 155 Å². The Hall–Kier alpha value is -2.59. The molecule has 0 unspecified atom stereocenters. The first kappa shape index (κ1) is 19.2. The molecule has 2 aromatic rings. The van der Waals surface area contributed by atoms with E-state index in [0.717, 1.165) is 10.9 Å². The third kappa shape index (κ3) is 4.58. The van der Waals surface area contributed by atoms with Crippen molar-refractivity contribution in [2.24, 2.45) is 0 Å². The van der Waals surface area contributed by atoms with Gasteiger partial charge in [-0.05, 0) is 30.3 Å². The lowest BCUT2D eigenvalue weighted by molar-refractivity contribution is -0.133. The van der Waals surface area contributed by atoms with Gasteiger partial charge in [0.1, 0.15) is 12.4 Å². The molecule has 1 aromatic carbocycles. The molecule has 8 nitrogen and oxygen atoms in total. The number of piperazine rings is 1. The molecule has 10 heteroatoms. The molecule has 0 bridgehead atoms. The minimum absolute atomic E-state index is 0.225. The second kappa shape index (κ2) is 7.57. The molecule has 0 spiro atoms. The number of amides is 1. The van der Waals surface area contributed by atoms with Gasteiger partial charge in [0, 0.05) is 37.8 Å². The highest BCUT2D eigenvalue weighted by atomic mass is 32.2. The van der Waals surface area contributed by atoms with Gasteiger partial charge in [-0.2, -0.15) is 9.40 Å². The molecule has 2 heterocycles. The molecule has 0 N–H and O–H groups in total. The van der Waals surface area contributed by atoms with E-state index < -0.39 is 15.6 Å². The fourth-order valence-corrected chi connectivity index (χ4v) is 3.66. The monoisotopic (exact) mass is 394 g/mol. The Morgan fingerprint density at radius 1 is 1.07 bits per heavy atom. The predicted molar refractivity (Wildman–Crippen MR) is 96.9 cm³/mol. The van der Waals surface area contributed by atoms with Crippen molar-refractivity contribution in [3.8, 4) is 11.3 Å². The van der Waals surface area contributed by atoms with Gasteiger partial charge in [0.2, 0.25) is 15.9 Å². The van der Waals surface area contributed by atoms with Crippen LogP contribution in [0.25, 0.3) is 11.3 Å². The van der Waals surface area contributed by atoms with Crippen LogP contribution in [0.5, 0.6) is 0 Å². The molecule has 0 radical (unpaired) electrons. The Kier molecular flexibility index (Phi) is 5.38. The van der Waals surface area contributed by atoms with E-state index in [4.69, 9.17) is 0 Å². The van der Waals surface area contributed by atoms with Gasteiger partial charge in [-0.1, -0.05) is 0 Å². The van der Waals surface area contributed by atoms with Gasteiger partial charge in [0.05, 0.1) is 11.9 Å². The third-order valence-electron chi connectivity index (χ3n) is 4.35. The number of carbonyl (C=O) groups excluding carboxylic acids is 1. The molecule has 0 saturated carbocycles. The van der Waals surface area contributed by atoms with Crippen LogP contribution in [0, 0.1) is 5.82 Å². The van der Waals surface area contributed by atoms with Crippen LogP contribution in [0.3, 0.4) is 0 Å². The highest BCUT2D eigenvalue weighted by Gasteiger charge is 2.26. The number of hydrogen-bond acceptors (Lipinski definition) is 5. The number of hydrogen-bond donors (Lipinski definition) is 0. The van der Waals surface area contributed by atoms with Gasteiger partial charge in [-0.3, -0.25) is 9.59 Å². The van der Waals surface area contributed by atoms with Crippen LogP contribution < -0.4 is 5.56 Å². The number of sulfonamides is 1. The van der Waals surface area contributed by atoms with E-state index in [0.29, 0.717) is 11.3 Å². The van der Waals surface area contributed by atoms with Crippen LogP contribution >= 0.6 is 0 Å². The van der Waals surface area contributed by atoms with Crippen molar-refractivity contribution in [2.45, 2.75) is 6.54 Å². The summed E-state index contributed by atoms with van der Waals surface area (Å²) in [6.45, 7) is 0.731. The van der Waals surface area contributed by atoms with E-state index in [1.54, 1.807) is 12.1 Å². The molecule has 0 aliphatic carbocycles. The van der Waals surface area contributed by atoms with Gasteiger partial charge in [-0.25, -0.2) is 17.5 Å². The molecule has 0 atom stereocenters. The number of carbonyl (C=O) groups is 1. The summed E-state index contributed by atoms with van der Waals surface area (Å²) in [5.41, 5.74) is 0.646. The van der Waals surface area contributed by atoms with Gasteiger partial charge in [0.15, 0.2) is 0 Å². The van der Waals surface area contributed by atoms with E-state index >= 15 is 0 Å².